The Kier molecular flexibility index (Phi) is 6.22. The van der Waals surface area contributed by atoms with Gasteiger partial charge in [0.15, 0.2) is 17.3 Å². The summed E-state index contributed by atoms with van der Waals surface area (Å²) in [5.74, 6) is -3.37. The Hall–Kier alpha value is -3.41. The molecule has 2 saturated carbocycles. The van der Waals surface area contributed by atoms with Crippen molar-refractivity contribution in [2.45, 2.75) is 63.1 Å². The number of rotatable bonds is 6. The molecule has 12 heteroatoms. The minimum Gasteiger partial charge on any atom is -0.391 e. The highest BCUT2D eigenvalue weighted by Crippen LogP contribution is 2.37. The Morgan fingerprint density at radius 3 is 2.40 bits per heavy atom. The van der Waals surface area contributed by atoms with Gasteiger partial charge in [0, 0.05) is 24.1 Å². The lowest BCUT2D eigenvalue weighted by molar-refractivity contribution is -0.122. The maximum Gasteiger partial charge on any atom is 0.225 e. The molecule has 5 N–H and O–H groups in total. The van der Waals surface area contributed by atoms with Crippen LogP contribution in [0.2, 0.25) is 0 Å². The van der Waals surface area contributed by atoms with Crippen LogP contribution in [0.25, 0.3) is 11.2 Å². The highest BCUT2D eigenvalue weighted by atomic mass is 19.1. The van der Waals surface area contributed by atoms with Crippen LogP contribution in [0.4, 0.5) is 30.8 Å². The fourth-order valence-electron chi connectivity index (χ4n) is 5.06. The van der Waals surface area contributed by atoms with Crippen molar-refractivity contribution in [2.24, 2.45) is 11.7 Å². The number of hydrogen-bond donors (Lipinski definition) is 4. The molecular formula is C23H26F3N7O2. The van der Waals surface area contributed by atoms with Crippen molar-refractivity contribution in [3.8, 4) is 0 Å². The van der Waals surface area contributed by atoms with Crippen LogP contribution < -0.4 is 16.4 Å². The van der Waals surface area contributed by atoms with E-state index in [9.17, 15) is 23.1 Å². The van der Waals surface area contributed by atoms with E-state index in [0.29, 0.717) is 61.3 Å². The average molecular weight is 490 g/mol. The molecule has 2 aliphatic rings. The molecule has 0 unspecified atom stereocenters. The quantitative estimate of drug-likeness (QED) is 0.417. The summed E-state index contributed by atoms with van der Waals surface area (Å²) in [6.45, 7) is 0. The molecule has 0 aliphatic heterocycles. The first kappa shape index (κ1) is 23.3. The average Bonchev–Trinajstić information content (AvgIpc) is 3.38. The number of nitrogens with zero attached hydrogens (tertiary/aromatic N) is 4. The smallest absolute Gasteiger partial charge is 0.225 e. The lowest BCUT2D eigenvalue weighted by Crippen LogP contribution is -2.29. The molecule has 9 nitrogen and oxygen atoms in total. The summed E-state index contributed by atoms with van der Waals surface area (Å²) in [6, 6.07) is 0.829. The van der Waals surface area contributed by atoms with Crippen molar-refractivity contribution in [1.29, 1.82) is 0 Å². The Bertz CT molecular complexity index is 1240. The van der Waals surface area contributed by atoms with Gasteiger partial charge in [-0.15, -0.1) is 0 Å². The molecule has 2 fully saturated rings. The maximum atomic E-state index is 14.4. The predicted molar refractivity (Wildman–Crippen MR) is 122 cm³/mol. The highest BCUT2D eigenvalue weighted by Gasteiger charge is 2.30. The number of carbonyl (C=O) groups excluding carboxylic acids is 1. The van der Waals surface area contributed by atoms with E-state index in [1.54, 1.807) is 4.57 Å². The monoisotopic (exact) mass is 489 g/mol. The van der Waals surface area contributed by atoms with E-state index in [0.717, 1.165) is 12.8 Å². The van der Waals surface area contributed by atoms with Gasteiger partial charge in [-0.05, 0) is 44.9 Å². The Morgan fingerprint density at radius 2 is 1.77 bits per heavy atom. The molecule has 2 atom stereocenters. The van der Waals surface area contributed by atoms with Crippen LogP contribution in [-0.4, -0.2) is 42.7 Å². The Balaban J connectivity index is 1.54. The summed E-state index contributed by atoms with van der Waals surface area (Å²) in [6.07, 6.45) is 5.66. The summed E-state index contributed by atoms with van der Waals surface area (Å²) in [5, 5.41) is 16.0. The Morgan fingerprint density at radius 1 is 1.06 bits per heavy atom. The number of primary amides is 1. The van der Waals surface area contributed by atoms with Crippen LogP contribution >= 0.6 is 0 Å². The van der Waals surface area contributed by atoms with E-state index < -0.39 is 29.2 Å². The molecule has 2 aromatic heterocycles. The number of aliphatic hydroxyl groups excluding tert-OH is 1. The highest BCUT2D eigenvalue weighted by molar-refractivity contribution is 5.78. The van der Waals surface area contributed by atoms with Gasteiger partial charge in [0.25, 0.3) is 0 Å². The van der Waals surface area contributed by atoms with Crippen LogP contribution in [0.5, 0.6) is 0 Å². The number of anilines is 3. The number of benzene rings is 1. The Labute approximate surface area is 199 Å². The van der Waals surface area contributed by atoms with Crippen LogP contribution in [0.3, 0.4) is 0 Å². The van der Waals surface area contributed by atoms with Gasteiger partial charge < -0.3 is 21.5 Å². The molecular weight excluding hydrogens is 463 g/mol. The minimum atomic E-state index is -1.10. The second kappa shape index (κ2) is 9.33. The zero-order valence-corrected chi connectivity index (χ0v) is 18.8. The zero-order valence-electron chi connectivity index (χ0n) is 18.8. The maximum absolute atomic E-state index is 14.4. The van der Waals surface area contributed by atoms with Crippen LogP contribution in [-0.2, 0) is 4.79 Å². The number of carbonyl (C=O) groups is 1. The van der Waals surface area contributed by atoms with Crippen molar-refractivity contribution in [1.82, 2.24) is 19.5 Å². The summed E-state index contributed by atoms with van der Waals surface area (Å²) in [4.78, 5) is 25.0. The molecule has 3 aromatic rings. The van der Waals surface area contributed by atoms with Gasteiger partial charge in [-0.25, -0.2) is 23.1 Å². The fraction of sp³-hybridized carbons (Fsp3) is 0.478. The SMILES string of the molecule is NC(=O)[C@H]1CC[C@H](n2c(Nc3c(F)cc(F)cc3F)nc3cnc(N[C@H]4CCC[C@@H]4O)nc32)CC1. The van der Waals surface area contributed by atoms with E-state index in [-0.39, 0.29) is 29.9 Å². The van der Waals surface area contributed by atoms with Crippen molar-refractivity contribution < 1.29 is 23.1 Å². The molecule has 0 spiro atoms. The summed E-state index contributed by atoms with van der Waals surface area (Å²) < 4.78 is 44.0. The van der Waals surface area contributed by atoms with Gasteiger partial charge in [-0.2, -0.15) is 4.98 Å². The third kappa shape index (κ3) is 4.62. The minimum absolute atomic E-state index is 0.124. The molecule has 186 valence electrons. The van der Waals surface area contributed by atoms with Crippen molar-refractivity contribution in [2.75, 3.05) is 10.6 Å². The van der Waals surface area contributed by atoms with Crippen LogP contribution in [0.1, 0.15) is 51.0 Å². The van der Waals surface area contributed by atoms with E-state index >= 15 is 0 Å². The largest absolute Gasteiger partial charge is 0.391 e. The van der Waals surface area contributed by atoms with Gasteiger partial charge in [-0.3, -0.25) is 9.36 Å². The molecule has 2 aliphatic carbocycles. The summed E-state index contributed by atoms with van der Waals surface area (Å²) in [7, 11) is 0. The number of halogens is 3. The lowest BCUT2D eigenvalue weighted by atomic mass is 9.85. The third-order valence-corrected chi connectivity index (χ3v) is 6.93. The van der Waals surface area contributed by atoms with Gasteiger partial charge in [0.1, 0.15) is 17.0 Å². The van der Waals surface area contributed by atoms with Gasteiger partial charge in [-0.1, -0.05) is 0 Å². The van der Waals surface area contributed by atoms with Crippen LogP contribution in [0.15, 0.2) is 18.3 Å². The number of nitrogens with one attached hydrogen (secondary N) is 2. The predicted octanol–water partition coefficient (Wildman–Crippen LogP) is 3.53. The standard InChI is InChI=1S/C23H26F3N7O2/c24-12-8-14(25)19(15(26)9-12)31-23-30-17-10-28-22(29-16-2-1-3-18(16)34)32-21(17)33(23)13-6-4-11(5-7-13)20(27)35/h8-11,13,16,18,34H,1-7H2,(H2,27,35)(H,30,31)(H,28,29,32)/t11-,13-,16-,18-/m0/s1. The molecule has 1 aromatic carbocycles. The lowest BCUT2D eigenvalue weighted by Gasteiger charge is -2.29. The topological polar surface area (TPSA) is 131 Å². The number of aliphatic hydroxyl groups is 1. The van der Waals surface area contributed by atoms with E-state index in [1.165, 1.54) is 6.20 Å². The fourth-order valence-corrected chi connectivity index (χ4v) is 5.06. The molecule has 35 heavy (non-hydrogen) atoms. The van der Waals surface area contributed by atoms with E-state index in [2.05, 4.69) is 25.6 Å². The van der Waals surface area contributed by atoms with Crippen molar-refractivity contribution in [3.63, 3.8) is 0 Å². The molecule has 0 saturated heterocycles. The molecule has 0 bridgehead atoms. The molecule has 0 radical (unpaired) electrons. The third-order valence-electron chi connectivity index (χ3n) is 6.93. The normalized spacial score (nSPS) is 24.6. The van der Waals surface area contributed by atoms with Crippen LogP contribution in [0, 0.1) is 23.4 Å². The molecule has 5 rings (SSSR count). The number of imidazole rings is 1. The van der Waals surface area contributed by atoms with Gasteiger partial charge in [0.2, 0.25) is 17.8 Å². The van der Waals surface area contributed by atoms with E-state index in [4.69, 9.17) is 5.73 Å². The van der Waals surface area contributed by atoms with Gasteiger partial charge >= 0.3 is 0 Å². The van der Waals surface area contributed by atoms with Crippen molar-refractivity contribution >= 4 is 34.7 Å². The second-order valence-electron chi connectivity index (χ2n) is 9.23. The number of fused-ring (bicyclic) bond motifs is 1. The first-order valence-electron chi connectivity index (χ1n) is 11.7. The first-order chi connectivity index (χ1) is 16.8. The number of hydrogen-bond acceptors (Lipinski definition) is 7. The number of aromatic nitrogens is 4. The second-order valence-corrected chi connectivity index (χ2v) is 9.23. The first-order valence-corrected chi connectivity index (χ1v) is 11.7. The molecule has 2 heterocycles. The van der Waals surface area contributed by atoms with E-state index in [1.807, 2.05) is 0 Å². The van der Waals surface area contributed by atoms with Gasteiger partial charge in [0.05, 0.1) is 18.3 Å². The number of nitrogens with two attached hydrogens (primary N) is 1. The number of amides is 1. The summed E-state index contributed by atoms with van der Waals surface area (Å²) >= 11 is 0. The van der Waals surface area contributed by atoms with Crippen molar-refractivity contribution in [3.05, 3.63) is 35.8 Å². The zero-order chi connectivity index (χ0) is 24.7. The summed E-state index contributed by atoms with van der Waals surface area (Å²) in [5.41, 5.74) is 5.77. The molecule has 1 amide bonds.